The molecule has 1 atom stereocenters. The van der Waals surface area contributed by atoms with Crippen molar-refractivity contribution in [1.82, 2.24) is 19.8 Å². The Hall–Kier alpha value is -4.07. The average molecular weight is 638 g/mol. The summed E-state index contributed by atoms with van der Waals surface area (Å²) in [5, 5.41) is 10.6. The van der Waals surface area contributed by atoms with Crippen LogP contribution in [-0.4, -0.2) is 70.9 Å². The minimum Gasteiger partial charge on any atom is -0.366 e. The second kappa shape index (κ2) is 12.4. The maximum absolute atomic E-state index is 14.1. The van der Waals surface area contributed by atoms with E-state index in [4.69, 9.17) is 0 Å². The third kappa shape index (κ3) is 6.95. The summed E-state index contributed by atoms with van der Waals surface area (Å²) in [4.78, 5) is 39.2. The molecule has 6 rings (SSSR count). The zero-order valence-corrected chi connectivity index (χ0v) is 26.0. The van der Waals surface area contributed by atoms with Crippen LogP contribution in [0.2, 0.25) is 0 Å². The molecule has 2 aromatic carbocycles. The van der Waals surface area contributed by atoms with E-state index in [2.05, 4.69) is 30.8 Å². The summed E-state index contributed by atoms with van der Waals surface area (Å²) < 4.78 is 43.1. The summed E-state index contributed by atoms with van der Waals surface area (Å²) in [5.41, 5.74) is 1.67. The number of likely N-dealkylation sites (N-methyl/N-ethyl adjacent to an activating group) is 1. The topological polar surface area (TPSA) is 102 Å². The van der Waals surface area contributed by atoms with Gasteiger partial charge in [0.2, 0.25) is 0 Å². The molecular formula is C32H34F3N7O2S. The minimum atomic E-state index is -4.58. The van der Waals surface area contributed by atoms with Crippen molar-refractivity contribution < 1.29 is 22.8 Å². The summed E-state index contributed by atoms with van der Waals surface area (Å²) >= 11 is 1.38. The predicted molar refractivity (Wildman–Crippen MR) is 170 cm³/mol. The van der Waals surface area contributed by atoms with Gasteiger partial charge in [-0.05, 0) is 75.7 Å². The molecule has 0 spiro atoms. The van der Waals surface area contributed by atoms with Gasteiger partial charge >= 0.3 is 6.18 Å². The number of halogens is 3. The molecule has 2 aliphatic rings. The first-order valence-electron chi connectivity index (χ1n) is 14.8. The van der Waals surface area contributed by atoms with Gasteiger partial charge in [-0.2, -0.15) is 13.2 Å². The number of aromatic nitrogens is 2. The highest BCUT2D eigenvalue weighted by atomic mass is 32.1. The van der Waals surface area contributed by atoms with E-state index in [0.29, 0.717) is 46.8 Å². The molecule has 4 aromatic rings. The van der Waals surface area contributed by atoms with Crippen molar-refractivity contribution >= 4 is 50.6 Å². The molecule has 9 nitrogen and oxygen atoms in total. The maximum Gasteiger partial charge on any atom is 0.416 e. The van der Waals surface area contributed by atoms with Gasteiger partial charge in [-0.3, -0.25) is 14.5 Å². The van der Waals surface area contributed by atoms with Crippen molar-refractivity contribution in [1.29, 1.82) is 0 Å². The van der Waals surface area contributed by atoms with Crippen LogP contribution >= 0.6 is 11.3 Å². The molecule has 2 amide bonds. The lowest BCUT2D eigenvalue weighted by Gasteiger charge is -2.22. The molecule has 0 bridgehead atoms. The molecule has 0 unspecified atom stereocenters. The first-order valence-corrected chi connectivity index (χ1v) is 15.6. The standard InChI is InChI=1S/C32H34F3N7O2S/c1-18-4-5-19(12-26(18)40-31(44)24-16-45-28-27(24)36-17-37-29(28)38-21-8-9-21)30(43)39-22-7-6-20(25(13-22)32(33,34)35)14-42-11-10-23(15-42)41(2)3/h4-7,12-13,16-17,21,23H,8-11,14-15H2,1-3H3,(H,39,43)(H,40,44)(H,36,37,38)/t23-/m0/s1. The average Bonchev–Trinajstić information content (AvgIpc) is 3.49. The lowest BCUT2D eigenvalue weighted by atomic mass is 10.0. The first-order chi connectivity index (χ1) is 21.5. The van der Waals surface area contributed by atoms with Gasteiger partial charge in [-0.1, -0.05) is 12.1 Å². The summed E-state index contributed by atoms with van der Waals surface area (Å²) in [6, 6.07) is 9.37. The van der Waals surface area contributed by atoms with E-state index in [0.717, 1.165) is 36.6 Å². The van der Waals surface area contributed by atoms with Gasteiger partial charge in [0.1, 0.15) is 12.1 Å². The highest BCUT2D eigenvalue weighted by molar-refractivity contribution is 7.18. The van der Waals surface area contributed by atoms with Gasteiger partial charge in [0.25, 0.3) is 11.8 Å². The molecule has 45 heavy (non-hydrogen) atoms. The molecule has 1 aliphatic carbocycles. The predicted octanol–water partition coefficient (Wildman–Crippen LogP) is 6.23. The van der Waals surface area contributed by atoms with Crippen molar-refractivity contribution in [2.24, 2.45) is 0 Å². The Labute approximate surface area is 262 Å². The van der Waals surface area contributed by atoms with Crippen LogP contribution in [0.5, 0.6) is 0 Å². The van der Waals surface area contributed by atoms with Crippen molar-refractivity contribution in [2.45, 2.75) is 51.0 Å². The van der Waals surface area contributed by atoms with Crippen LogP contribution < -0.4 is 16.0 Å². The molecule has 3 N–H and O–H groups in total. The number of rotatable bonds is 9. The van der Waals surface area contributed by atoms with E-state index in [1.165, 1.54) is 35.9 Å². The van der Waals surface area contributed by atoms with Crippen LogP contribution in [0, 0.1) is 6.92 Å². The lowest BCUT2D eigenvalue weighted by molar-refractivity contribution is -0.138. The van der Waals surface area contributed by atoms with Crippen LogP contribution in [-0.2, 0) is 12.7 Å². The fourth-order valence-electron chi connectivity index (χ4n) is 5.50. The number of thiophene rings is 1. The van der Waals surface area contributed by atoms with Gasteiger partial charge in [0.15, 0.2) is 0 Å². The number of amides is 2. The Kier molecular flexibility index (Phi) is 8.51. The van der Waals surface area contributed by atoms with Crippen LogP contribution in [0.1, 0.15) is 56.7 Å². The van der Waals surface area contributed by atoms with E-state index in [1.807, 2.05) is 19.0 Å². The van der Waals surface area contributed by atoms with Crippen LogP contribution in [0.15, 0.2) is 48.1 Å². The molecule has 1 aliphatic heterocycles. The second-order valence-electron chi connectivity index (χ2n) is 11.9. The van der Waals surface area contributed by atoms with Gasteiger partial charge in [-0.15, -0.1) is 11.3 Å². The summed E-state index contributed by atoms with van der Waals surface area (Å²) in [5.74, 6) is -0.278. The zero-order valence-electron chi connectivity index (χ0n) is 25.2. The Bertz CT molecular complexity index is 1750. The molecule has 1 saturated heterocycles. The number of hydrogen-bond donors (Lipinski definition) is 3. The Balaban J connectivity index is 1.17. The quantitative estimate of drug-likeness (QED) is 0.200. The van der Waals surface area contributed by atoms with Crippen LogP contribution in [0.4, 0.5) is 30.4 Å². The molecule has 236 valence electrons. The number of nitrogens with one attached hydrogen (secondary N) is 3. The Morgan fingerprint density at radius 1 is 1.04 bits per heavy atom. The number of aryl methyl sites for hydroxylation is 1. The van der Waals surface area contributed by atoms with Gasteiger partial charge < -0.3 is 20.9 Å². The number of benzene rings is 2. The Morgan fingerprint density at radius 3 is 2.56 bits per heavy atom. The Morgan fingerprint density at radius 2 is 1.84 bits per heavy atom. The number of likely N-dealkylation sites (tertiary alicyclic amines) is 1. The number of carbonyl (C=O) groups excluding carboxylic acids is 2. The smallest absolute Gasteiger partial charge is 0.366 e. The molecule has 3 heterocycles. The third-order valence-electron chi connectivity index (χ3n) is 8.31. The molecular weight excluding hydrogens is 603 g/mol. The molecule has 1 saturated carbocycles. The number of fused-ring (bicyclic) bond motifs is 1. The number of hydrogen-bond acceptors (Lipinski definition) is 8. The highest BCUT2D eigenvalue weighted by Gasteiger charge is 2.35. The SMILES string of the molecule is Cc1ccc(C(=O)Nc2ccc(CN3CC[C@H](N(C)C)C3)c(C(F)(F)F)c2)cc1NC(=O)c1csc2c(NC3CC3)ncnc12. The van der Waals surface area contributed by atoms with Crippen molar-refractivity contribution in [3.05, 3.63) is 75.9 Å². The zero-order chi connectivity index (χ0) is 31.9. The largest absolute Gasteiger partial charge is 0.416 e. The monoisotopic (exact) mass is 637 g/mol. The highest BCUT2D eigenvalue weighted by Crippen LogP contribution is 2.36. The summed E-state index contributed by atoms with van der Waals surface area (Å²) in [7, 11) is 3.95. The van der Waals surface area contributed by atoms with E-state index in [1.54, 1.807) is 24.4 Å². The van der Waals surface area contributed by atoms with Crippen molar-refractivity contribution in [3.8, 4) is 0 Å². The van der Waals surface area contributed by atoms with Gasteiger partial charge in [0.05, 0.1) is 21.3 Å². The second-order valence-corrected chi connectivity index (χ2v) is 12.8. The fraction of sp³-hybridized carbons (Fsp3) is 0.375. The van der Waals surface area contributed by atoms with Gasteiger partial charge in [0, 0.05) is 54.0 Å². The number of nitrogens with zero attached hydrogens (tertiary/aromatic N) is 4. The van der Waals surface area contributed by atoms with Crippen LogP contribution in [0.3, 0.4) is 0 Å². The van der Waals surface area contributed by atoms with Crippen molar-refractivity contribution in [3.63, 3.8) is 0 Å². The minimum absolute atomic E-state index is 0.0369. The van der Waals surface area contributed by atoms with E-state index >= 15 is 0 Å². The summed E-state index contributed by atoms with van der Waals surface area (Å²) in [6.45, 7) is 3.39. The first kappa shape index (κ1) is 30.9. The molecule has 2 aromatic heterocycles. The normalized spacial score (nSPS) is 17.2. The number of carbonyl (C=O) groups is 2. The van der Waals surface area contributed by atoms with E-state index in [9.17, 15) is 22.8 Å². The molecule has 2 fully saturated rings. The van der Waals surface area contributed by atoms with Crippen LogP contribution in [0.25, 0.3) is 10.2 Å². The lowest BCUT2D eigenvalue weighted by Crippen LogP contribution is -2.31. The third-order valence-corrected chi connectivity index (χ3v) is 9.29. The number of alkyl halides is 3. The van der Waals surface area contributed by atoms with E-state index < -0.39 is 23.6 Å². The molecule has 0 radical (unpaired) electrons. The number of anilines is 3. The fourth-order valence-corrected chi connectivity index (χ4v) is 6.45. The summed E-state index contributed by atoms with van der Waals surface area (Å²) in [6.07, 6.45) is -0.0877. The van der Waals surface area contributed by atoms with Gasteiger partial charge in [-0.25, -0.2) is 9.97 Å². The van der Waals surface area contributed by atoms with Crippen molar-refractivity contribution in [2.75, 3.05) is 43.1 Å². The van der Waals surface area contributed by atoms with E-state index in [-0.39, 0.29) is 23.4 Å². The molecule has 13 heteroatoms. The maximum atomic E-state index is 14.1.